The lowest BCUT2D eigenvalue weighted by Crippen LogP contribution is -2.44. The first-order valence-electron chi connectivity index (χ1n) is 4.73. The fraction of sp³-hybridized carbons (Fsp3) is 0.500. The maximum Gasteiger partial charge on any atom is 0.348 e. The Kier molecular flexibility index (Phi) is 3.31. The summed E-state index contributed by atoms with van der Waals surface area (Å²) in [4.78, 5) is 33.1. The molecule has 0 unspecified atom stereocenters. The topological polar surface area (TPSA) is 89.9 Å². The largest absolute Gasteiger partial charge is 0.481 e. The summed E-state index contributed by atoms with van der Waals surface area (Å²) in [5.41, 5.74) is -0.173. The van der Waals surface area contributed by atoms with Crippen LogP contribution in [-0.4, -0.2) is 28.8 Å². The molecule has 1 heterocycles. The number of carboxylic acid groups (broad SMARTS) is 1. The van der Waals surface area contributed by atoms with E-state index >= 15 is 0 Å². The molecule has 0 bridgehead atoms. The number of carbonyl (C=O) groups is 3. The van der Waals surface area contributed by atoms with E-state index in [0.717, 1.165) is 0 Å². The first kappa shape index (κ1) is 12.2. The highest BCUT2D eigenvalue weighted by Gasteiger charge is 2.42. The molecule has 1 N–H and O–H groups in total. The van der Waals surface area contributed by atoms with Gasteiger partial charge in [-0.05, 0) is 6.92 Å². The molecule has 0 aromatic carbocycles. The summed E-state index contributed by atoms with van der Waals surface area (Å²) in [6, 6.07) is 0. The molecule has 0 aromatic heterocycles. The average molecular weight is 228 g/mol. The summed E-state index contributed by atoms with van der Waals surface area (Å²) < 4.78 is 9.77. The van der Waals surface area contributed by atoms with Gasteiger partial charge in [0, 0.05) is 13.3 Å². The predicted octanol–water partition coefficient (Wildman–Crippen LogP) is 0.614. The Hall–Kier alpha value is -1.85. The zero-order valence-electron chi connectivity index (χ0n) is 8.98. The Bertz CT molecular complexity index is 348. The average Bonchev–Trinajstić information content (AvgIpc) is 2.14. The summed E-state index contributed by atoms with van der Waals surface area (Å²) in [6.07, 6.45) is 0.973. The Morgan fingerprint density at radius 2 is 1.88 bits per heavy atom. The fourth-order valence-electron chi connectivity index (χ4n) is 1.28. The van der Waals surface area contributed by atoms with Crippen molar-refractivity contribution in [2.75, 3.05) is 0 Å². The van der Waals surface area contributed by atoms with Gasteiger partial charge in [0.15, 0.2) is 0 Å². The molecule has 88 valence electrons. The Balaban J connectivity index is 2.76. The summed E-state index contributed by atoms with van der Waals surface area (Å²) in [6.45, 7) is 2.87. The van der Waals surface area contributed by atoms with E-state index in [4.69, 9.17) is 14.6 Å². The number of ether oxygens (including phenoxy) is 2. The molecule has 1 aliphatic heterocycles. The quantitative estimate of drug-likeness (QED) is 0.432. The van der Waals surface area contributed by atoms with Crippen molar-refractivity contribution in [3.05, 3.63) is 11.6 Å². The van der Waals surface area contributed by atoms with Gasteiger partial charge >= 0.3 is 17.9 Å². The lowest BCUT2D eigenvalue weighted by molar-refractivity contribution is -0.231. The molecule has 1 rings (SSSR count). The van der Waals surface area contributed by atoms with Gasteiger partial charge in [-0.15, -0.1) is 0 Å². The number of carboxylic acids is 1. The van der Waals surface area contributed by atoms with Crippen molar-refractivity contribution in [1.82, 2.24) is 0 Å². The third-order valence-electron chi connectivity index (χ3n) is 2.14. The molecule has 1 fully saturated rings. The van der Waals surface area contributed by atoms with Crippen LogP contribution in [0.3, 0.4) is 0 Å². The van der Waals surface area contributed by atoms with Crippen LogP contribution < -0.4 is 0 Å². The number of rotatable bonds is 3. The number of cyclic esters (lactones) is 2. The lowest BCUT2D eigenvalue weighted by atomic mass is 10.1. The smallest absolute Gasteiger partial charge is 0.348 e. The highest BCUT2D eigenvalue weighted by atomic mass is 16.7. The van der Waals surface area contributed by atoms with E-state index in [1.807, 2.05) is 0 Å². The highest BCUT2D eigenvalue weighted by Crippen LogP contribution is 2.27. The molecule has 0 spiro atoms. The van der Waals surface area contributed by atoms with Crippen molar-refractivity contribution < 1.29 is 29.0 Å². The number of hydrogen-bond donors (Lipinski definition) is 1. The Morgan fingerprint density at radius 1 is 1.38 bits per heavy atom. The molecule has 1 aliphatic rings. The molecule has 6 heteroatoms. The molecule has 16 heavy (non-hydrogen) atoms. The Morgan fingerprint density at radius 3 is 2.25 bits per heavy atom. The minimum atomic E-state index is -1.49. The van der Waals surface area contributed by atoms with Crippen LogP contribution in [0, 0.1) is 0 Å². The second-order valence-electron chi connectivity index (χ2n) is 3.51. The van der Waals surface area contributed by atoms with Crippen molar-refractivity contribution in [3.63, 3.8) is 0 Å². The van der Waals surface area contributed by atoms with Crippen LogP contribution in [-0.2, 0) is 23.9 Å². The number of hydrogen-bond acceptors (Lipinski definition) is 5. The van der Waals surface area contributed by atoms with E-state index in [1.165, 1.54) is 19.9 Å². The van der Waals surface area contributed by atoms with Gasteiger partial charge in [0.25, 0.3) is 5.79 Å². The number of esters is 2. The Labute approximate surface area is 91.8 Å². The number of carbonyl (C=O) groups excluding carboxylic acids is 2. The van der Waals surface area contributed by atoms with Crippen LogP contribution >= 0.6 is 0 Å². The maximum atomic E-state index is 11.4. The fourth-order valence-corrected chi connectivity index (χ4v) is 1.28. The molecule has 1 saturated heterocycles. The van der Waals surface area contributed by atoms with Gasteiger partial charge in [-0.25, -0.2) is 9.59 Å². The zero-order valence-corrected chi connectivity index (χ0v) is 8.98. The highest BCUT2D eigenvalue weighted by molar-refractivity contribution is 6.15. The molecule has 0 aromatic rings. The molecular weight excluding hydrogens is 216 g/mol. The van der Waals surface area contributed by atoms with Crippen molar-refractivity contribution in [3.8, 4) is 0 Å². The summed E-state index contributed by atoms with van der Waals surface area (Å²) in [5, 5.41) is 8.50. The van der Waals surface area contributed by atoms with Crippen LogP contribution in [0.4, 0.5) is 0 Å². The van der Waals surface area contributed by atoms with E-state index in [-0.39, 0.29) is 18.4 Å². The van der Waals surface area contributed by atoms with Crippen molar-refractivity contribution in [2.45, 2.75) is 32.5 Å². The van der Waals surface area contributed by atoms with Crippen molar-refractivity contribution in [1.29, 1.82) is 0 Å². The first-order chi connectivity index (χ1) is 7.38. The minimum Gasteiger partial charge on any atom is -0.481 e. The lowest BCUT2D eigenvalue weighted by Gasteiger charge is -2.32. The van der Waals surface area contributed by atoms with Gasteiger partial charge in [0.1, 0.15) is 5.57 Å². The van der Waals surface area contributed by atoms with E-state index in [2.05, 4.69) is 0 Å². The van der Waals surface area contributed by atoms with Crippen LogP contribution in [0.1, 0.15) is 26.7 Å². The van der Waals surface area contributed by atoms with E-state index in [1.54, 1.807) is 0 Å². The molecule has 0 saturated carbocycles. The first-order valence-corrected chi connectivity index (χ1v) is 4.73. The second kappa shape index (κ2) is 4.34. The molecule has 0 radical (unpaired) electrons. The summed E-state index contributed by atoms with van der Waals surface area (Å²) >= 11 is 0. The standard InChI is InChI=1S/C10H12O6/c1-3-6-8(13)15-10(2,16-9(6)14)5-4-7(11)12/h3H,4-5H2,1-2H3,(H,11,12). The summed E-state index contributed by atoms with van der Waals surface area (Å²) in [5.74, 6) is -4.11. The summed E-state index contributed by atoms with van der Waals surface area (Å²) in [7, 11) is 0. The van der Waals surface area contributed by atoms with Crippen molar-refractivity contribution >= 4 is 17.9 Å². The van der Waals surface area contributed by atoms with Crippen molar-refractivity contribution in [2.24, 2.45) is 0 Å². The zero-order chi connectivity index (χ0) is 12.3. The molecular formula is C10H12O6. The van der Waals surface area contributed by atoms with E-state index in [0.29, 0.717) is 0 Å². The third-order valence-corrected chi connectivity index (χ3v) is 2.14. The van der Waals surface area contributed by atoms with Gasteiger partial charge in [-0.2, -0.15) is 0 Å². The monoisotopic (exact) mass is 228 g/mol. The van der Waals surface area contributed by atoms with Gasteiger partial charge < -0.3 is 14.6 Å². The maximum absolute atomic E-state index is 11.4. The molecule has 0 aliphatic carbocycles. The molecule has 0 amide bonds. The van der Waals surface area contributed by atoms with Gasteiger partial charge in [-0.1, -0.05) is 6.08 Å². The number of aliphatic carboxylic acids is 1. The van der Waals surface area contributed by atoms with Gasteiger partial charge in [-0.3, -0.25) is 4.79 Å². The van der Waals surface area contributed by atoms with Gasteiger partial charge in [0.2, 0.25) is 0 Å². The molecule has 6 nitrogen and oxygen atoms in total. The van der Waals surface area contributed by atoms with E-state index < -0.39 is 23.7 Å². The predicted molar refractivity (Wildman–Crippen MR) is 51.2 cm³/mol. The van der Waals surface area contributed by atoms with Crippen LogP contribution in [0.25, 0.3) is 0 Å². The van der Waals surface area contributed by atoms with Crippen LogP contribution in [0.2, 0.25) is 0 Å². The third kappa shape index (κ3) is 2.59. The molecule has 0 atom stereocenters. The van der Waals surface area contributed by atoms with E-state index in [9.17, 15) is 14.4 Å². The minimum absolute atomic E-state index is 0.0726. The van der Waals surface area contributed by atoms with Gasteiger partial charge in [0.05, 0.1) is 6.42 Å². The normalized spacial score (nSPS) is 24.8. The van der Waals surface area contributed by atoms with Crippen LogP contribution in [0.5, 0.6) is 0 Å². The van der Waals surface area contributed by atoms with Crippen LogP contribution in [0.15, 0.2) is 11.6 Å². The number of allylic oxidation sites excluding steroid dienone is 1. The second-order valence-corrected chi connectivity index (χ2v) is 3.51. The SMILES string of the molecule is CC=C1C(=O)OC(C)(CCC(=O)O)OC1=O.